The second kappa shape index (κ2) is 15.4. The van der Waals surface area contributed by atoms with Crippen molar-refractivity contribution in [3.63, 3.8) is 0 Å². The maximum atomic E-state index is 14.1. The maximum Gasteiger partial charge on any atom is 0.418 e. The molecule has 272 valence electrons. The highest BCUT2D eigenvalue weighted by atomic mass is 79.9. The van der Waals surface area contributed by atoms with Crippen LogP contribution < -0.4 is 16.4 Å². The van der Waals surface area contributed by atoms with Gasteiger partial charge < -0.3 is 36.0 Å². The van der Waals surface area contributed by atoms with E-state index in [0.717, 1.165) is 49.7 Å². The zero-order chi connectivity index (χ0) is 35.6. The van der Waals surface area contributed by atoms with Crippen molar-refractivity contribution in [2.45, 2.75) is 62.8 Å². The molecule has 2 aromatic carbocycles. The summed E-state index contributed by atoms with van der Waals surface area (Å²) in [6.45, 7) is 5.73. The molecular weight excluding hydrogens is 717 g/mol. The van der Waals surface area contributed by atoms with Gasteiger partial charge in [-0.2, -0.15) is 13.2 Å². The number of nitrogens with zero attached hydrogens (tertiary/aromatic N) is 5. The third-order valence-electron chi connectivity index (χ3n) is 10.7. The summed E-state index contributed by atoms with van der Waals surface area (Å²) in [6, 6.07) is 8.89. The van der Waals surface area contributed by atoms with E-state index in [9.17, 15) is 27.6 Å². The van der Waals surface area contributed by atoms with Crippen LogP contribution in [0.3, 0.4) is 0 Å². The third-order valence-corrected chi connectivity index (χ3v) is 11.4. The van der Waals surface area contributed by atoms with Crippen LogP contribution in [0.2, 0.25) is 0 Å². The van der Waals surface area contributed by atoms with Crippen molar-refractivity contribution in [3.8, 4) is 0 Å². The molecule has 4 aliphatic rings. The molecule has 0 aromatic heterocycles. The lowest BCUT2D eigenvalue weighted by Crippen LogP contribution is -2.59. The Morgan fingerprint density at radius 2 is 1.60 bits per heavy atom. The molecule has 0 radical (unpaired) electrons. The molecule has 0 bridgehead atoms. The van der Waals surface area contributed by atoms with E-state index in [4.69, 9.17) is 5.73 Å². The van der Waals surface area contributed by atoms with Crippen LogP contribution in [0, 0.1) is 0 Å². The Balaban J connectivity index is 1.12. The van der Waals surface area contributed by atoms with Crippen molar-refractivity contribution in [1.29, 1.82) is 0 Å². The molecule has 3 fully saturated rings. The van der Waals surface area contributed by atoms with Gasteiger partial charge in [0, 0.05) is 74.5 Å². The quantitative estimate of drug-likeness (QED) is 0.375. The van der Waals surface area contributed by atoms with Crippen LogP contribution >= 0.6 is 15.9 Å². The van der Waals surface area contributed by atoms with Crippen LogP contribution in [0.5, 0.6) is 0 Å². The van der Waals surface area contributed by atoms with Crippen molar-refractivity contribution in [3.05, 3.63) is 57.6 Å². The molecule has 4 aliphatic heterocycles. The summed E-state index contributed by atoms with van der Waals surface area (Å²) in [4.78, 5) is 50.8. The molecule has 2 aromatic rings. The Labute approximate surface area is 299 Å². The molecule has 15 heteroatoms. The highest BCUT2D eigenvalue weighted by molar-refractivity contribution is 9.10. The number of alkyl halides is 3. The highest BCUT2D eigenvalue weighted by Crippen LogP contribution is 2.38. The van der Waals surface area contributed by atoms with Crippen molar-refractivity contribution in [1.82, 2.24) is 29.8 Å². The normalized spacial score (nSPS) is 21.0. The van der Waals surface area contributed by atoms with Gasteiger partial charge in [-0.1, -0.05) is 18.2 Å². The minimum atomic E-state index is -4.69. The summed E-state index contributed by atoms with van der Waals surface area (Å²) in [7, 11) is 2.12. The van der Waals surface area contributed by atoms with Gasteiger partial charge in [-0.25, -0.2) is 9.59 Å². The standard InChI is InChI=1S/C35H46BrF3N8O3/c1-43-11-7-25(8-12-43)44-16-18-45(19-17-44)32(48)30(22-23-20-27(35(37,38)39)31(40)28(36)21-23)42-33(49)46-13-9-26(10-14-46)47-15-6-24-4-2-3-5-29(24)41-34(47)50/h2-5,20-21,25-26,30H,6-19,22,40H2,1H3,(H,41,50)(H,42,49)/t30-/m1/s1. The van der Waals surface area contributed by atoms with Crippen LogP contribution in [0.15, 0.2) is 40.9 Å². The summed E-state index contributed by atoms with van der Waals surface area (Å²) in [6.07, 6.45) is -0.821. The second-order valence-electron chi connectivity index (χ2n) is 13.9. The lowest BCUT2D eigenvalue weighted by molar-refractivity contribution is -0.137. The fourth-order valence-electron chi connectivity index (χ4n) is 7.71. The summed E-state index contributed by atoms with van der Waals surface area (Å²) in [5.74, 6) is -0.321. The van der Waals surface area contributed by atoms with E-state index in [2.05, 4.69) is 43.4 Å². The molecular formula is C35H46BrF3N8O3. The van der Waals surface area contributed by atoms with Gasteiger partial charge in [0.05, 0.1) is 11.3 Å². The molecule has 0 saturated carbocycles. The van der Waals surface area contributed by atoms with Crippen molar-refractivity contribution in [2.75, 3.05) is 77.0 Å². The number of carbonyl (C=O) groups is 3. The average Bonchev–Trinajstić information content (AvgIpc) is 3.27. The van der Waals surface area contributed by atoms with E-state index >= 15 is 0 Å². The number of nitrogens with two attached hydrogens (primary N) is 1. The smallest absolute Gasteiger partial charge is 0.397 e. The number of likely N-dealkylation sites (tertiary alicyclic amines) is 2. The van der Waals surface area contributed by atoms with Crippen molar-refractivity contribution < 1.29 is 27.6 Å². The number of hydrogen-bond acceptors (Lipinski definition) is 6. The number of para-hydroxylation sites is 1. The number of urea groups is 2. The van der Waals surface area contributed by atoms with Gasteiger partial charge in [0.15, 0.2) is 0 Å². The molecule has 11 nitrogen and oxygen atoms in total. The van der Waals surface area contributed by atoms with Gasteiger partial charge in [-0.15, -0.1) is 0 Å². The third kappa shape index (κ3) is 8.31. The van der Waals surface area contributed by atoms with Gasteiger partial charge in [0.1, 0.15) is 6.04 Å². The van der Waals surface area contributed by atoms with Gasteiger partial charge in [0.25, 0.3) is 0 Å². The van der Waals surface area contributed by atoms with Crippen LogP contribution in [0.1, 0.15) is 42.4 Å². The highest BCUT2D eigenvalue weighted by Gasteiger charge is 2.37. The predicted molar refractivity (Wildman–Crippen MR) is 189 cm³/mol. The number of carbonyl (C=O) groups excluding carboxylic acids is 3. The molecule has 3 saturated heterocycles. The van der Waals surface area contributed by atoms with E-state index in [-0.39, 0.29) is 34.4 Å². The average molecular weight is 764 g/mol. The van der Waals surface area contributed by atoms with Gasteiger partial charge >= 0.3 is 18.2 Å². The molecule has 4 N–H and O–H groups in total. The van der Waals surface area contributed by atoms with Gasteiger partial charge in [0.2, 0.25) is 5.91 Å². The minimum Gasteiger partial charge on any atom is -0.397 e. The first kappa shape index (κ1) is 36.2. The first-order valence-electron chi connectivity index (χ1n) is 17.4. The first-order chi connectivity index (χ1) is 23.9. The van der Waals surface area contributed by atoms with Gasteiger partial charge in [-0.05, 0) is 97.5 Å². The number of nitrogen functional groups attached to an aromatic ring is 1. The molecule has 6 rings (SSSR count). The Morgan fingerprint density at radius 1 is 0.940 bits per heavy atom. The SMILES string of the molecule is CN1CCC(N2CCN(C(=O)[C@@H](Cc3cc(Br)c(N)c(C(F)(F)F)c3)NC(=O)N3CCC(N4CCc5ccccc5NC4=O)CC3)CC2)CC1. The Hall–Kier alpha value is -3.56. The molecule has 0 unspecified atom stereocenters. The fraction of sp³-hybridized carbons (Fsp3) is 0.571. The van der Waals surface area contributed by atoms with E-state index in [1.807, 2.05) is 29.2 Å². The van der Waals surface area contributed by atoms with Crippen LogP contribution in [-0.4, -0.2) is 127 Å². The molecule has 50 heavy (non-hydrogen) atoms. The number of benzene rings is 2. The van der Waals surface area contributed by atoms with Crippen molar-refractivity contribution >= 4 is 45.3 Å². The number of piperazine rings is 1. The van der Waals surface area contributed by atoms with Crippen molar-refractivity contribution in [2.24, 2.45) is 0 Å². The van der Waals surface area contributed by atoms with E-state index in [1.54, 1.807) is 9.80 Å². The second-order valence-corrected chi connectivity index (χ2v) is 14.7. The number of rotatable bonds is 6. The monoisotopic (exact) mass is 762 g/mol. The van der Waals surface area contributed by atoms with Crippen LogP contribution in [-0.2, 0) is 23.8 Å². The van der Waals surface area contributed by atoms with Crippen LogP contribution in [0.4, 0.5) is 34.1 Å². The number of nitrogens with one attached hydrogen (secondary N) is 2. The maximum absolute atomic E-state index is 14.1. The molecule has 4 heterocycles. The Bertz CT molecular complexity index is 1550. The Morgan fingerprint density at radius 3 is 2.28 bits per heavy atom. The minimum absolute atomic E-state index is 0.0560. The zero-order valence-electron chi connectivity index (χ0n) is 28.4. The molecule has 1 atom stereocenters. The largest absolute Gasteiger partial charge is 0.418 e. The Kier molecular flexibility index (Phi) is 11.1. The number of hydrogen-bond donors (Lipinski definition) is 3. The number of halogens is 4. The molecule has 0 spiro atoms. The molecule has 5 amide bonds. The summed E-state index contributed by atoms with van der Waals surface area (Å²) < 4.78 is 41.6. The fourth-order valence-corrected chi connectivity index (χ4v) is 8.22. The van der Waals surface area contributed by atoms with Crippen LogP contribution in [0.25, 0.3) is 0 Å². The summed E-state index contributed by atoms with van der Waals surface area (Å²) in [5.41, 5.74) is 6.46. The van der Waals surface area contributed by atoms with Gasteiger partial charge in [-0.3, -0.25) is 9.69 Å². The summed E-state index contributed by atoms with van der Waals surface area (Å²) in [5, 5.41) is 5.89. The number of anilines is 2. The number of fused-ring (bicyclic) bond motifs is 1. The van der Waals surface area contributed by atoms with E-state index < -0.39 is 29.5 Å². The predicted octanol–water partition coefficient (Wildman–Crippen LogP) is 4.46. The number of piperidine rings is 2. The summed E-state index contributed by atoms with van der Waals surface area (Å²) >= 11 is 3.15. The zero-order valence-corrected chi connectivity index (χ0v) is 29.9. The van der Waals surface area contributed by atoms with E-state index in [0.29, 0.717) is 64.7 Å². The molecule has 0 aliphatic carbocycles. The topological polar surface area (TPSA) is 117 Å². The first-order valence-corrected chi connectivity index (χ1v) is 18.2. The lowest BCUT2D eigenvalue weighted by atomic mass is 10.00. The number of amides is 5. The van der Waals surface area contributed by atoms with E-state index in [1.165, 1.54) is 6.07 Å². The lowest BCUT2D eigenvalue weighted by Gasteiger charge is -2.43.